The number of rotatable bonds is 4. The molecule has 1 aliphatic carbocycles. The molecule has 0 spiro atoms. The number of aromatic nitrogens is 3. The fourth-order valence-corrected chi connectivity index (χ4v) is 1.51. The highest BCUT2D eigenvalue weighted by molar-refractivity contribution is 5.36. The van der Waals surface area contributed by atoms with E-state index in [1.54, 1.807) is 7.05 Å². The molecule has 0 radical (unpaired) electrons. The molecule has 0 aliphatic heterocycles. The molecule has 1 saturated carbocycles. The summed E-state index contributed by atoms with van der Waals surface area (Å²) in [6.07, 6.45) is 1.25. The summed E-state index contributed by atoms with van der Waals surface area (Å²) in [7, 11) is 3.23. The highest BCUT2D eigenvalue weighted by Gasteiger charge is 2.27. The van der Waals surface area contributed by atoms with E-state index in [9.17, 15) is 0 Å². The summed E-state index contributed by atoms with van der Waals surface area (Å²) in [6, 6.07) is 0.494. The maximum Gasteiger partial charge on any atom is 0.322 e. The van der Waals surface area contributed by atoms with Gasteiger partial charge in [0.15, 0.2) is 0 Å². The van der Waals surface area contributed by atoms with Crippen LogP contribution in [0.1, 0.15) is 12.8 Å². The molecule has 0 unspecified atom stereocenters. The van der Waals surface area contributed by atoms with Crippen LogP contribution in [-0.4, -0.2) is 46.4 Å². The molecule has 3 N–H and O–H groups in total. The number of hydrogen-bond acceptors (Lipinski definition) is 7. The van der Waals surface area contributed by atoms with E-state index in [4.69, 9.17) is 9.84 Å². The van der Waals surface area contributed by atoms with E-state index in [1.165, 1.54) is 7.11 Å². The first kappa shape index (κ1) is 10.9. The average Bonchev–Trinajstić information content (AvgIpc) is 2.26. The number of hydrogen-bond donors (Lipinski definition) is 3. The van der Waals surface area contributed by atoms with Gasteiger partial charge in [-0.2, -0.15) is 15.0 Å². The van der Waals surface area contributed by atoms with Crippen molar-refractivity contribution in [1.29, 1.82) is 0 Å². The molecular weight excluding hydrogens is 210 g/mol. The lowest BCUT2D eigenvalue weighted by molar-refractivity contribution is 0.0834. The maximum absolute atomic E-state index is 9.17. The molecule has 7 heteroatoms. The van der Waals surface area contributed by atoms with Crippen molar-refractivity contribution in [3.05, 3.63) is 0 Å². The van der Waals surface area contributed by atoms with Crippen molar-refractivity contribution < 1.29 is 9.84 Å². The van der Waals surface area contributed by atoms with E-state index < -0.39 is 0 Å². The van der Waals surface area contributed by atoms with Crippen LogP contribution in [0.5, 0.6) is 6.01 Å². The van der Waals surface area contributed by atoms with Crippen molar-refractivity contribution in [2.24, 2.45) is 0 Å². The smallest absolute Gasteiger partial charge is 0.322 e. The topological polar surface area (TPSA) is 92.2 Å². The number of nitrogens with one attached hydrogen (secondary N) is 2. The van der Waals surface area contributed by atoms with Gasteiger partial charge >= 0.3 is 6.01 Å². The number of nitrogens with zero attached hydrogens (tertiary/aromatic N) is 3. The van der Waals surface area contributed by atoms with E-state index >= 15 is 0 Å². The summed E-state index contributed by atoms with van der Waals surface area (Å²) >= 11 is 0. The Morgan fingerprint density at radius 3 is 2.50 bits per heavy atom. The minimum Gasteiger partial charge on any atom is -0.467 e. The monoisotopic (exact) mass is 225 g/mol. The molecule has 16 heavy (non-hydrogen) atoms. The molecule has 1 aromatic rings. The molecule has 2 rings (SSSR count). The van der Waals surface area contributed by atoms with Crippen LogP contribution >= 0.6 is 0 Å². The third-order valence-electron chi connectivity index (χ3n) is 2.47. The van der Waals surface area contributed by atoms with Crippen LogP contribution in [0.2, 0.25) is 0 Å². The molecule has 1 fully saturated rings. The van der Waals surface area contributed by atoms with Gasteiger partial charge in [-0.25, -0.2) is 0 Å². The van der Waals surface area contributed by atoms with E-state index in [1.807, 2.05) is 0 Å². The van der Waals surface area contributed by atoms with E-state index in [-0.39, 0.29) is 18.2 Å². The van der Waals surface area contributed by atoms with E-state index in [0.29, 0.717) is 11.9 Å². The normalized spacial score (nSPS) is 23.4. The summed E-state index contributed by atoms with van der Waals surface area (Å²) in [4.78, 5) is 12.2. The Hall–Kier alpha value is -1.63. The Kier molecular flexibility index (Phi) is 3.04. The zero-order chi connectivity index (χ0) is 11.5. The van der Waals surface area contributed by atoms with Crippen molar-refractivity contribution in [3.8, 4) is 6.01 Å². The lowest BCUT2D eigenvalue weighted by Gasteiger charge is -2.31. The first-order valence-electron chi connectivity index (χ1n) is 5.13. The molecule has 0 atom stereocenters. The first-order chi connectivity index (χ1) is 7.71. The second-order valence-corrected chi connectivity index (χ2v) is 3.69. The van der Waals surface area contributed by atoms with Crippen molar-refractivity contribution in [3.63, 3.8) is 0 Å². The van der Waals surface area contributed by atoms with Crippen LogP contribution in [0, 0.1) is 0 Å². The minimum atomic E-state index is -0.204. The van der Waals surface area contributed by atoms with Crippen molar-refractivity contribution in [1.82, 2.24) is 15.0 Å². The molecule has 1 aromatic heterocycles. The van der Waals surface area contributed by atoms with Crippen LogP contribution in [0.3, 0.4) is 0 Å². The Bertz CT molecular complexity index is 345. The van der Waals surface area contributed by atoms with Gasteiger partial charge in [-0.15, -0.1) is 0 Å². The predicted octanol–water partition coefficient (Wildman–Crippen LogP) is -0.143. The number of aliphatic hydroxyl groups excluding tert-OH is 1. The zero-order valence-corrected chi connectivity index (χ0v) is 9.27. The fraction of sp³-hybridized carbons (Fsp3) is 0.667. The van der Waals surface area contributed by atoms with Gasteiger partial charge in [0.05, 0.1) is 13.2 Å². The SMILES string of the molecule is CNc1nc(NC2CC(O)C2)nc(OC)n1. The van der Waals surface area contributed by atoms with Gasteiger partial charge in [0, 0.05) is 13.1 Å². The van der Waals surface area contributed by atoms with Gasteiger partial charge in [0.1, 0.15) is 0 Å². The van der Waals surface area contributed by atoms with Crippen LogP contribution < -0.4 is 15.4 Å². The van der Waals surface area contributed by atoms with Gasteiger partial charge in [-0.3, -0.25) is 0 Å². The molecule has 0 saturated heterocycles. The molecule has 1 heterocycles. The number of anilines is 2. The molecule has 0 aromatic carbocycles. The molecule has 0 amide bonds. The summed E-state index contributed by atoms with van der Waals surface area (Å²) in [5, 5.41) is 15.1. The lowest BCUT2D eigenvalue weighted by Crippen LogP contribution is -2.39. The zero-order valence-electron chi connectivity index (χ0n) is 9.27. The van der Waals surface area contributed by atoms with E-state index in [0.717, 1.165) is 12.8 Å². The van der Waals surface area contributed by atoms with Crippen LogP contribution in [0.25, 0.3) is 0 Å². The fourth-order valence-electron chi connectivity index (χ4n) is 1.51. The summed E-state index contributed by atoms with van der Waals surface area (Å²) < 4.78 is 4.96. The van der Waals surface area contributed by atoms with Crippen LogP contribution in [0.15, 0.2) is 0 Å². The Morgan fingerprint density at radius 1 is 1.25 bits per heavy atom. The number of methoxy groups -OCH3 is 1. The third-order valence-corrected chi connectivity index (χ3v) is 2.47. The van der Waals surface area contributed by atoms with Gasteiger partial charge in [0.25, 0.3) is 0 Å². The Morgan fingerprint density at radius 2 is 1.94 bits per heavy atom. The van der Waals surface area contributed by atoms with Crippen LogP contribution in [-0.2, 0) is 0 Å². The standard InChI is InChI=1S/C9H15N5O2/c1-10-7-12-8(14-9(13-7)16-2)11-5-3-6(15)4-5/h5-6,15H,3-4H2,1-2H3,(H2,10,11,12,13,14). The van der Waals surface area contributed by atoms with Crippen LogP contribution in [0.4, 0.5) is 11.9 Å². The highest BCUT2D eigenvalue weighted by Crippen LogP contribution is 2.23. The number of aliphatic hydroxyl groups is 1. The third kappa shape index (κ3) is 2.30. The number of ether oxygens (including phenoxy) is 1. The Balaban J connectivity index is 2.07. The average molecular weight is 225 g/mol. The van der Waals surface area contributed by atoms with Gasteiger partial charge in [-0.1, -0.05) is 0 Å². The highest BCUT2D eigenvalue weighted by atomic mass is 16.5. The predicted molar refractivity (Wildman–Crippen MR) is 58.6 cm³/mol. The second kappa shape index (κ2) is 4.48. The maximum atomic E-state index is 9.17. The minimum absolute atomic E-state index is 0.204. The lowest BCUT2D eigenvalue weighted by atomic mass is 9.90. The largest absolute Gasteiger partial charge is 0.467 e. The molecule has 88 valence electrons. The summed E-state index contributed by atoms with van der Waals surface area (Å²) in [5.74, 6) is 0.919. The Labute approximate surface area is 93.3 Å². The molecular formula is C9H15N5O2. The van der Waals surface area contributed by atoms with Crippen molar-refractivity contribution in [2.75, 3.05) is 24.8 Å². The quantitative estimate of drug-likeness (QED) is 0.656. The van der Waals surface area contributed by atoms with Crippen molar-refractivity contribution >= 4 is 11.9 Å². The van der Waals surface area contributed by atoms with E-state index in [2.05, 4.69) is 25.6 Å². The second-order valence-electron chi connectivity index (χ2n) is 3.69. The summed E-state index contributed by atoms with van der Waals surface area (Å²) in [6.45, 7) is 0. The van der Waals surface area contributed by atoms with Gasteiger partial charge < -0.3 is 20.5 Å². The van der Waals surface area contributed by atoms with Crippen molar-refractivity contribution in [2.45, 2.75) is 25.0 Å². The molecule has 7 nitrogen and oxygen atoms in total. The first-order valence-corrected chi connectivity index (χ1v) is 5.13. The molecule has 1 aliphatic rings. The van der Waals surface area contributed by atoms with Gasteiger partial charge in [0.2, 0.25) is 11.9 Å². The molecule has 0 bridgehead atoms. The summed E-state index contributed by atoms with van der Waals surface area (Å²) in [5.41, 5.74) is 0. The van der Waals surface area contributed by atoms with Gasteiger partial charge in [-0.05, 0) is 12.8 Å².